The topological polar surface area (TPSA) is 33.2 Å². The van der Waals surface area contributed by atoms with Gasteiger partial charge in [-0.15, -0.1) is 0 Å². The van der Waals surface area contributed by atoms with E-state index >= 15 is 0 Å². The van der Waals surface area contributed by atoms with Crippen LogP contribution in [-0.4, -0.2) is 28.9 Å². The van der Waals surface area contributed by atoms with Gasteiger partial charge in [0.15, 0.2) is 0 Å². The molecule has 0 bridgehead atoms. The molecule has 98 valence electrons. The van der Waals surface area contributed by atoms with E-state index in [9.17, 15) is 4.79 Å². The van der Waals surface area contributed by atoms with Gasteiger partial charge < -0.3 is 4.90 Å². The predicted molar refractivity (Wildman–Crippen MR) is 72.8 cm³/mol. The second-order valence-corrected chi connectivity index (χ2v) is 5.45. The summed E-state index contributed by atoms with van der Waals surface area (Å²) in [6, 6.07) is 1.66. The van der Waals surface area contributed by atoms with Gasteiger partial charge in [0, 0.05) is 25.5 Å². The number of halogens is 1. The molecule has 2 heterocycles. The summed E-state index contributed by atoms with van der Waals surface area (Å²) in [6.07, 6.45) is 6.49. The molecular formula is C14H19ClN2O. The maximum atomic E-state index is 12.4. The molecule has 0 N–H and O–H groups in total. The molecule has 1 saturated heterocycles. The van der Waals surface area contributed by atoms with Crippen molar-refractivity contribution in [2.24, 2.45) is 5.41 Å². The molecular weight excluding hydrogens is 248 g/mol. The monoisotopic (exact) mass is 266 g/mol. The van der Waals surface area contributed by atoms with Crippen LogP contribution in [0.5, 0.6) is 0 Å². The molecule has 0 unspecified atom stereocenters. The molecule has 1 aromatic heterocycles. The van der Waals surface area contributed by atoms with Gasteiger partial charge in [-0.25, -0.2) is 0 Å². The number of rotatable bonds is 3. The van der Waals surface area contributed by atoms with Gasteiger partial charge in [0.2, 0.25) is 0 Å². The van der Waals surface area contributed by atoms with Gasteiger partial charge in [-0.05, 0) is 30.7 Å². The Bertz CT molecular complexity index is 443. The van der Waals surface area contributed by atoms with Crippen molar-refractivity contribution in [1.29, 1.82) is 0 Å². The smallest absolute Gasteiger partial charge is 0.256 e. The zero-order valence-electron chi connectivity index (χ0n) is 10.9. The second kappa shape index (κ2) is 5.27. The number of nitrogens with zero attached hydrogens (tertiary/aromatic N) is 2. The van der Waals surface area contributed by atoms with Crippen LogP contribution in [0, 0.1) is 5.41 Å². The third-order valence-corrected chi connectivity index (χ3v) is 4.55. The van der Waals surface area contributed by atoms with Crippen molar-refractivity contribution < 1.29 is 4.79 Å². The molecule has 0 radical (unpaired) electrons. The quantitative estimate of drug-likeness (QED) is 0.840. The van der Waals surface area contributed by atoms with Gasteiger partial charge in [0.25, 0.3) is 5.91 Å². The van der Waals surface area contributed by atoms with Crippen molar-refractivity contribution in [2.75, 3.05) is 13.1 Å². The number of carbonyl (C=O) groups is 1. The van der Waals surface area contributed by atoms with Crippen LogP contribution in [-0.2, 0) is 0 Å². The van der Waals surface area contributed by atoms with Crippen LogP contribution in [0.1, 0.15) is 43.5 Å². The van der Waals surface area contributed by atoms with Gasteiger partial charge in [-0.3, -0.25) is 9.78 Å². The molecule has 4 heteroatoms. The summed E-state index contributed by atoms with van der Waals surface area (Å²) in [5.74, 6) is 0.0110. The normalized spacial score (nSPS) is 18.1. The SMILES string of the molecule is CCC1(CC)CCN(C(=O)c2cnccc2Cl)C1. The van der Waals surface area contributed by atoms with Crippen molar-refractivity contribution >= 4 is 17.5 Å². The first-order valence-electron chi connectivity index (χ1n) is 6.50. The average molecular weight is 267 g/mol. The Kier molecular flexibility index (Phi) is 3.91. The third-order valence-electron chi connectivity index (χ3n) is 4.22. The van der Waals surface area contributed by atoms with E-state index in [0.717, 1.165) is 32.4 Å². The first kappa shape index (κ1) is 13.3. The van der Waals surface area contributed by atoms with E-state index in [1.54, 1.807) is 18.5 Å². The van der Waals surface area contributed by atoms with Crippen molar-refractivity contribution in [3.8, 4) is 0 Å². The predicted octanol–water partition coefficient (Wildman–Crippen LogP) is 3.39. The minimum atomic E-state index is 0.0110. The van der Waals surface area contributed by atoms with Crippen LogP contribution < -0.4 is 0 Å². The van der Waals surface area contributed by atoms with Gasteiger partial charge in [0.05, 0.1) is 10.6 Å². The van der Waals surface area contributed by atoms with Gasteiger partial charge in [0.1, 0.15) is 0 Å². The number of hydrogen-bond donors (Lipinski definition) is 0. The van der Waals surface area contributed by atoms with Gasteiger partial charge in [-0.2, -0.15) is 0 Å². The van der Waals surface area contributed by atoms with Crippen LogP contribution >= 0.6 is 11.6 Å². The average Bonchev–Trinajstić information content (AvgIpc) is 2.84. The van der Waals surface area contributed by atoms with E-state index < -0.39 is 0 Å². The number of amides is 1. The molecule has 0 aromatic carbocycles. The number of aromatic nitrogens is 1. The molecule has 0 saturated carbocycles. The van der Waals surface area contributed by atoms with E-state index in [1.165, 1.54) is 0 Å². The van der Waals surface area contributed by atoms with E-state index in [4.69, 9.17) is 11.6 Å². The second-order valence-electron chi connectivity index (χ2n) is 5.04. The molecule has 1 aromatic rings. The Morgan fingerprint density at radius 2 is 2.22 bits per heavy atom. The van der Waals surface area contributed by atoms with Crippen LogP contribution in [0.15, 0.2) is 18.5 Å². The molecule has 0 atom stereocenters. The maximum Gasteiger partial charge on any atom is 0.256 e. The highest BCUT2D eigenvalue weighted by atomic mass is 35.5. The van der Waals surface area contributed by atoms with E-state index in [-0.39, 0.29) is 5.91 Å². The van der Waals surface area contributed by atoms with Crippen LogP contribution in [0.4, 0.5) is 0 Å². The molecule has 0 spiro atoms. The number of pyridine rings is 1. The first-order valence-corrected chi connectivity index (χ1v) is 6.88. The zero-order valence-corrected chi connectivity index (χ0v) is 11.7. The summed E-state index contributed by atoms with van der Waals surface area (Å²) in [5, 5.41) is 0.487. The van der Waals surface area contributed by atoms with Crippen molar-refractivity contribution in [3.63, 3.8) is 0 Å². The summed E-state index contributed by atoms with van der Waals surface area (Å²) in [4.78, 5) is 18.3. The van der Waals surface area contributed by atoms with Crippen LogP contribution in [0.3, 0.4) is 0 Å². The Balaban J connectivity index is 2.15. The van der Waals surface area contributed by atoms with Gasteiger partial charge >= 0.3 is 0 Å². The summed E-state index contributed by atoms with van der Waals surface area (Å²) in [6.45, 7) is 6.07. The van der Waals surface area contributed by atoms with E-state index in [2.05, 4.69) is 18.8 Å². The molecule has 18 heavy (non-hydrogen) atoms. The minimum absolute atomic E-state index is 0.0110. The first-order chi connectivity index (χ1) is 8.62. The lowest BCUT2D eigenvalue weighted by Crippen LogP contribution is -2.32. The van der Waals surface area contributed by atoms with Gasteiger partial charge in [-0.1, -0.05) is 25.4 Å². The molecule has 3 nitrogen and oxygen atoms in total. The van der Waals surface area contributed by atoms with Crippen molar-refractivity contribution in [1.82, 2.24) is 9.88 Å². The Morgan fingerprint density at radius 1 is 1.50 bits per heavy atom. The largest absolute Gasteiger partial charge is 0.338 e. The molecule has 1 aliphatic heterocycles. The Morgan fingerprint density at radius 3 is 2.78 bits per heavy atom. The molecule has 1 aliphatic rings. The summed E-state index contributed by atoms with van der Waals surface area (Å²) in [5.41, 5.74) is 0.812. The lowest BCUT2D eigenvalue weighted by molar-refractivity contribution is 0.0769. The highest BCUT2D eigenvalue weighted by Crippen LogP contribution is 2.37. The fourth-order valence-corrected chi connectivity index (χ4v) is 2.83. The molecule has 0 aliphatic carbocycles. The fourth-order valence-electron chi connectivity index (χ4n) is 2.64. The minimum Gasteiger partial charge on any atom is -0.338 e. The summed E-state index contributed by atoms with van der Waals surface area (Å²) < 4.78 is 0. The van der Waals surface area contributed by atoms with E-state index in [1.807, 2.05) is 4.90 Å². The Labute approximate surface area is 113 Å². The lowest BCUT2D eigenvalue weighted by atomic mass is 9.82. The Hall–Kier alpha value is -1.09. The lowest BCUT2D eigenvalue weighted by Gasteiger charge is -2.26. The zero-order chi connectivity index (χ0) is 13.2. The number of carbonyl (C=O) groups excluding carboxylic acids is 1. The van der Waals surface area contributed by atoms with E-state index in [0.29, 0.717) is 16.0 Å². The van der Waals surface area contributed by atoms with Crippen molar-refractivity contribution in [2.45, 2.75) is 33.1 Å². The standard InChI is InChI=1S/C14H19ClN2O/c1-3-14(4-2)6-8-17(10-14)13(18)11-9-16-7-5-12(11)15/h5,7,9H,3-4,6,8,10H2,1-2H3. The highest BCUT2D eigenvalue weighted by molar-refractivity contribution is 6.33. The summed E-state index contributed by atoms with van der Waals surface area (Å²) in [7, 11) is 0. The van der Waals surface area contributed by atoms with Crippen LogP contribution in [0.2, 0.25) is 5.02 Å². The number of likely N-dealkylation sites (tertiary alicyclic amines) is 1. The maximum absolute atomic E-state index is 12.4. The molecule has 2 rings (SSSR count). The molecule has 1 fully saturated rings. The fraction of sp³-hybridized carbons (Fsp3) is 0.571. The third kappa shape index (κ3) is 2.37. The molecule has 1 amide bonds. The van der Waals surface area contributed by atoms with Crippen LogP contribution in [0.25, 0.3) is 0 Å². The number of hydrogen-bond acceptors (Lipinski definition) is 2. The highest BCUT2D eigenvalue weighted by Gasteiger charge is 2.37. The van der Waals surface area contributed by atoms with Crippen molar-refractivity contribution in [3.05, 3.63) is 29.0 Å². The summed E-state index contributed by atoms with van der Waals surface area (Å²) >= 11 is 6.05.